The number of ether oxygens (including phenoxy) is 2. The van der Waals surface area contributed by atoms with Crippen LogP contribution in [0, 0.1) is 0 Å². The van der Waals surface area contributed by atoms with Gasteiger partial charge in [0, 0.05) is 36.0 Å². The van der Waals surface area contributed by atoms with Gasteiger partial charge < -0.3 is 29.4 Å². The van der Waals surface area contributed by atoms with Gasteiger partial charge in [-0.3, -0.25) is 0 Å². The third-order valence-electron chi connectivity index (χ3n) is 5.14. The highest BCUT2D eigenvalue weighted by atomic mass is 79.9. The van der Waals surface area contributed by atoms with Crippen LogP contribution in [0.3, 0.4) is 0 Å². The molecule has 0 amide bonds. The van der Waals surface area contributed by atoms with Crippen LogP contribution < -0.4 is 9.80 Å². The lowest BCUT2D eigenvalue weighted by Crippen LogP contribution is -2.39. The van der Waals surface area contributed by atoms with Crippen LogP contribution in [0.4, 0.5) is 23.5 Å². The summed E-state index contributed by atoms with van der Waals surface area (Å²) in [7, 11) is 0. The molecular weight excluding hydrogens is 468 g/mol. The summed E-state index contributed by atoms with van der Waals surface area (Å²) in [5.41, 5.74) is 1.09. The summed E-state index contributed by atoms with van der Waals surface area (Å²) in [6.07, 6.45) is 0. The fourth-order valence-corrected chi connectivity index (χ4v) is 3.89. The van der Waals surface area contributed by atoms with Crippen molar-refractivity contribution in [2.75, 3.05) is 62.4 Å². The minimum atomic E-state index is -0.0623. The Bertz CT molecular complexity index is 1070. The molecule has 2 aromatic heterocycles. The number of halogens is 1. The zero-order valence-electron chi connectivity index (χ0n) is 16.7. The number of rotatable bonds is 4. The molecule has 2 N–H and O–H groups in total. The Hall–Kier alpha value is -2.83. The summed E-state index contributed by atoms with van der Waals surface area (Å²) < 4.78 is 11.8. The van der Waals surface area contributed by atoms with E-state index in [4.69, 9.17) is 9.47 Å². The highest BCUT2D eigenvalue weighted by Crippen LogP contribution is 2.37. The van der Waals surface area contributed by atoms with Gasteiger partial charge in [0.05, 0.1) is 31.9 Å². The van der Waals surface area contributed by atoms with Crippen LogP contribution in [-0.4, -0.2) is 77.6 Å². The van der Waals surface area contributed by atoms with Crippen LogP contribution in [0.5, 0.6) is 5.88 Å². The topological polar surface area (TPSA) is 124 Å². The summed E-state index contributed by atoms with van der Waals surface area (Å²) in [5.74, 6) is 1.20. The van der Waals surface area contributed by atoms with Gasteiger partial charge in [0.2, 0.25) is 17.8 Å². The Labute approximate surface area is 186 Å². The molecule has 1 aromatic carbocycles. The Morgan fingerprint density at radius 3 is 2.13 bits per heavy atom. The fraction of sp³-hybridized carbons (Fsp3) is 0.421. The van der Waals surface area contributed by atoms with Crippen molar-refractivity contribution in [3.63, 3.8) is 0 Å². The molecule has 0 spiro atoms. The molecule has 4 heterocycles. The Balaban J connectivity index is 1.51. The quantitative estimate of drug-likeness (QED) is 0.537. The number of fused-ring (bicyclic) bond motifs is 1. The average Bonchev–Trinajstić information content (AvgIpc) is 3.12. The van der Waals surface area contributed by atoms with E-state index in [2.05, 4.69) is 55.9 Å². The van der Waals surface area contributed by atoms with Crippen LogP contribution in [-0.2, 0) is 9.47 Å². The highest BCUT2D eigenvalue weighted by molar-refractivity contribution is 9.10. The fourth-order valence-electron chi connectivity index (χ4n) is 3.53. The van der Waals surface area contributed by atoms with Crippen LogP contribution in [0.2, 0.25) is 0 Å². The van der Waals surface area contributed by atoms with E-state index in [0.29, 0.717) is 70.2 Å². The summed E-state index contributed by atoms with van der Waals surface area (Å²) in [5, 5.41) is 19.6. The van der Waals surface area contributed by atoms with Crippen molar-refractivity contribution in [3.8, 4) is 5.88 Å². The van der Waals surface area contributed by atoms with Crippen molar-refractivity contribution in [3.05, 3.63) is 22.7 Å². The normalized spacial score (nSPS) is 17.7. The average molecular weight is 489 g/mol. The number of benzene rings is 1. The monoisotopic (exact) mass is 488 g/mol. The molecule has 0 aliphatic carbocycles. The predicted molar refractivity (Wildman–Crippen MR) is 118 cm³/mol. The molecule has 2 aliphatic rings. The van der Waals surface area contributed by atoms with Crippen molar-refractivity contribution in [2.24, 2.45) is 10.2 Å². The molecule has 0 saturated carbocycles. The van der Waals surface area contributed by atoms with Gasteiger partial charge in [-0.15, -0.1) is 10.2 Å². The third-order valence-corrected chi connectivity index (χ3v) is 5.63. The summed E-state index contributed by atoms with van der Waals surface area (Å²) in [6.45, 7) is 5.25. The molecule has 0 atom stereocenters. The molecule has 0 radical (unpaired) electrons. The van der Waals surface area contributed by atoms with Crippen LogP contribution in [0.15, 0.2) is 32.9 Å². The molecule has 2 fully saturated rings. The van der Waals surface area contributed by atoms with Gasteiger partial charge in [-0.1, -0.05) is 15.9 Å². The lowest BCUT2D eigenvalue weighted by atomic mass is 10.2. The summed E-state index contributed by atoms with van der Waals surface area (Å²) in [6, 6.07) is 5.61. The molecule has 11 nitrogen and oxygen atoms in total. The Morgan fingerprint density at radius 2 is 1.52 bits per heavy atom. The van der Waals surface area contributed by atoms with Gasteiger partial charge in [0.1, 0.15) is 0 Å². The van der Waals surface area contributed by atoms with E-state index < -0.39 is 0 Å². The van der Waals surface area contributed by atoms with Gasteiger partial charge in [-0.25, -0.2) is 0 Å². The number of morpholine rings is 2. The Morgan fingerprint density at radius 1 is 0.903 bits per heavy atom. The smallest absolute Gasteiger partial charge is 0.275 e. The van der Waals surface area contributed by atoms with Crippen molar-refractivity contribution in [1.29, 1.82) is 0 Å². The largest absolute Gasteiger partial charge is 0.493 e. The second kappa shape index (κ2) is 8.73. The van der Waals surface area contributed by atoms with Crippen LogP contribution >= 0.6 is 15.9 Å². The van der Waals surface area contributed by atoms with Crippen molar-refractivity contribution in [1.82, 2.24) is 19.9 Å². The van der Waals surface area contributed by atoms with Crippen molar-refractivity contribution < 1.29 is 14.6 Å². The summed E-state index contributed by atoms with van der Waals surface area (Å²) in [4.78, 5) is 20.7. The Kier molecular flexibility index (Phi) is 5.66. The van der Waals surface area contributed by atoms with E-state index in [-0.39, 0.29) is 11.8 Å². The molecule has 12 heteroatoms. The first-order valence-corrected chi connectivity index (χ1v) is 10.8. The van der Waals surface area contributed by atoms with Gasteiger partial charge >= 0.3 is 0 Å². The van der Waals surface area contributed by atoms with Gasteiger partial charge in [-0.2, -0.15) is 15.0 Å². The minimum absolute atomic E-state index is 0.0623. The number of aromatic hydroxyl groups is 1. The van der Waals surface area contributed by atoms with E-state index in [1.807, 2.05) is 18.2 Å². The molecule has 31 heavy (non-hydrogen) atoms. The second-order valence-corrected chi connectivity index (χ2v) is 8.06. The minimum Gasteiger partial charge on any atom is -0.493 e. The standard InChI is InChI=1S/C19H21BrN8O3/c20-12-1-2-14-13(11-12)15(16(29)21-14)25-26-17-22-18(27-3-7-30-8-4-27)24-19(23-17)28-5-9-31-10-6-28/h1-2,11,21,29H,3-10H2. The van der Waals surface area contributed by atoms with Gasteiger partial charge in [0.15, 0.2) is 5.69 Å². The van der Waals surface area contributed by atoms with E-state index in [9.17, 15) is 5.11 Å². The first-order valence-electron chi connectivity index (χ1n) is 10.0. The lowest BCUT2D eigenvalue weighted by Gasteiger charge is -2.29. The van der Waals surface area contributed by atoms with E-state index in [0.717, 1.165) is 15.4 Å². The number of hydrogen-bond donors (Lipinski definition) is 2. The number of aromatic nitrogens is 4. The number of H-pyrrole nitrogens is 1. The molecule has 5 rings (SSSR count). The molecular formula is C19H21BrN8O3. The zero-order chi connectivity index (χ0) is 21.2. The molecule has 2 aliphatic heterocycles. The molecule has 2 saturated heterocycles. The van der Waals surface area contributed by atoms with Crippen molar-refractivity contribution >= 4 is 50.4 Å². The maximum Gasteiger partial charge on any atom is 0.275 e. The van der Waals surface area contributed by atoms with E-state index in [1.54, 1.807) is 0 Å². The predicted octanol–water partition coefficient (Wildman–Crippen LogP) is 2.91. The molecule has 3 aromatic rings. The number of nitrogens with zero attached hydrogens (tertiary/aromatic N) is 7. The van der Waals surface area contributed by atoms with Crippen LogP contribution in [0.25, 0.3) is 10.9 Å². The molecule has 0 unspecified atom stereocenters. The second-order valence-electron chi connectivity index (χ2n) is 7.15. The van der Waals surface area contributed by atoms with E-state index in [1.165, 1.54) is 0 Å². The SMILES string of the molecule is Oc1[nH]c2ccc(Br)cc2c1N=Nc1nc(N2CCOCC2)nc(N2CCOCC2)n1. The van der Waals surface area contributed by atoms with Gasteiger partial charge in [0.25, 0.3) is 5.95 Å². The number of azo groups is 1. The van der Waals surface area contributed by atoms with E-state index >= 15 is 0 Å². The van der Waals surface area contributed by atoms with Gasteiger partial charge in [-0.05, 0) is 18.2 Å². The zero-order valence-corrected chi connectivity index (χ0v) is 18.2. The number of anilines is 2. The number of aromatic amines is 1. The summed E-state index contributed by atoms with van der Waals surface area (Å²) >= 11 is 3.45. The first kappa shape index (κ1) is 20.1. The number of hydrogen-bond acceptors (Lipinski definition) is 10. The number of nitrogens with one attached hydrogen (secondary N) is 1. The van der Waals surface area contributed by atoms with Crippen LogP contribution in [0.1, 0.15) is 0 Å². The molecule has 162 valence electrons. The highest BCUT2D eigenvalue weighted by Gasteiger charge is 2.21. The maximum absolute atomic E-state index is 10.3. The third kappa shape index (κ3) is 4.31. The molecule has 0 bridgehead atoms. The first-order chi connectivity index (χ1) is 15.2. The van der Waals surface area contributed by atoms with Crippen molar-refractivity contribution in [2.45, 2.75) is 0 Å². The lowest BCUT2D eigenvalue weighted by molar-refractivity contribution is 0.121. The maximum atomic E-state index is 10.3.